The second kappa shape index (κ2) is 5.25. The molecule has 1 N–H and O–H groups in total. The molecule has 2 aromatic rings. The Balaban J connectivity index is 2.12. The van der Waals surface area contributed by atoms with Gasteiger partial charge < -0.3 is 5.32 Å². The van der Waals surface area contributed by atoms with Gasteiger partial charge in [0.25, 0.3) is 0 Å². The van der Waals surface area contributed by atoms with Crippen LogP contribution in [-0.2, 0) is 13.0 Å². The zero-order valence-corrected chi connectivity index (χ0v) is 12.1. The van der Waals surface area contributed by atoms with Gasteiger partial charge in [0.15, 0.2) is 11.6 Å². The maximum absolute atomic E-state index is 4.71. The maximum atomic E-state index is 4.71. The molecule has 5 nitrogen and oxygen atoms in total. The fraction of sp³-hybridized carbons (Fsp3) is 0.467. The lowest BCUT2D eigenvalue weighted by Gasteiger charge is -2.21. The van der Waals surface area contributed by atoms with Crippen LogP contribution in [0.1, 0.15) is 42.3 Å². The Morgan fingerprint density at radius 3 is 2.55 bits per heavy atom. The van der Waals surface area contributed by atoms with Crippen molar-refractivity contribution in [2.45, 2.75) is 39.7 Å². The van der Waals surface area contributed by atoms with Crippen molar-refractivity contribution in [2.75, 3.05) is 6.54 Å². The predicted molar refractivity (Wildman–Crippen MR) is 77.3 cm³/mol. The van der Waals surface area contributed by atoms with Crippen molar-refractivity contribution in [2.24, 2.45) is 0 Å². The molecule has 1 aliphatic heterocycles. The van der Waals surface area contributed by atoms with Gasteiger partial charge in [-0.25, -0.2) is 19.9 Å². The maximum Gasteiger partial charge on any atom is 0.198 e. The Morgan fingerprint density at radius 1 is 1.10 bits per heavy atom. The number of aromatic nitrogens is 4. The van der Waals surface area contributed by atoms with Crippen LogP contribution in [0.15, 0.2) is 12.4 Å². The van der Waals surface area contributed by atoms with Gasteiger partial charge in [0.1, 0.15) is 0 Å². The second-order valence-corrected chi connectivity index (χ2v) is 5.52. The van der Waals surface area contributed by atoms with E-state index < -0.39 is 0 Å². The normalized spacial score (nSPS) is 14.4. The van der Waals surface area contributed by atoms with Gasteiger partial charge in [-0.05, 0) is 18.4 Å². The molecule has 3 heterocycles. The van der Waals surface area contributed by atoms with Gasteiger partial charge in [0.2, 0.25) is 0 Å². The first-order chi connectivity index (χ1) is 9.65. The molecule has 0 radical (unpaired) electrons. The van der Waals surface area contributed by atoms with Crippen molar-refractivity contribution < 1.29 is 0 Å². The van der Waals surface area contributed by atoms with Crippen molar-refractivity contribution >= 4 is 0 Å². The third-order valence-corrected chi connectivity index (χ3v) is 3.49. The summed E-state index contributed by atoms with van der Waals surface area (Å²) in [4.78, 5) is 18.1. The lowest BCUT2D eigenvalue weighted by atomic mass is 9.98. The van der Waals surface area contributed by atoms with Gasteiger partial charge in [0, 0.05) is 37.5 Å². The largest absolute Gasteiger partial charge is 0.312 e. The molecular formula is C15H19N5. The van der Waals surface area contributed by atoms with Gasteiger partial charge in [0.05, 0.1) is 11.4 Å². The molecule has 0 aromatic carbocycles. The van der Waals surface area contributed by atoms with E-state index in [-0.39, 0.29) is 0 Å². The summed E-state index contributed by atoms with van der Waals surface area (Å²) in [6.45, 7) is 8.13. The van der Waals surface area contributed by atoms with Crippen LogP contribution in [0.2, 0.25) is 0 Å². The monoisotopic (exact) mass is 269 g/mol. The molecule has 0 saturated carbocycles. The van der Waals surface area contributed by atoms with Gasteiger partial charge in [-0.3, -0.25) is 0 Å². The molecular weight excluding hydrogens is 250 g/mol. The lowest BCUT2D eigenvalue weighted by Crippen LogP contribution is -2.27. The first kappa shape index (κ1) is 13.1. The Labute approximate surface area is 118 Å². The van der Waals surface area contributed by atoms with Crippen LogP contribution in [-0.4, -0.2) is 26.5 Å². The highest BCUT2D eigenvalue weighted by Crippen LogP contribution is 2.24. The molecule has 104 valence electrons. The molecule has 1 aliphatic rings. The van der Waals surface area contributed by atoms with E-state index >= 15 is 0 Å². The van der Waals surface area contributed by atoms with Crippen LogP contribution in [0.3, 0.4) is 0 Å². The molecule has 20 heavy (non-hydrogen) atoms. The van der Waals surface area contributed by atoms with E-state index in [9.17, 15) is 0 Å². The minimum atomic E-state index is 0.371. The quantitative estimate of drug-likeness (QED) is 0.903. The summed E-state index contributed by atoms with van der Waals surface area (Å²) < 4.78 is 0. The molecule has 0 aliphatic carbocycles. The molecule has 3 rings (SSSR count). The molecule has 0 bridgehead atoms. The summed E-state index contributed by atoms with van der Waals surface area (Å²) in [6, 6.07) is 0. The molecule has 0 atom stereocenters. The number of hydrogen-bond donors (Lipinski definition) is 1. The highest BCUT2D eigenvalue weighted by atomic mass is 15.0. The molecule has 0 fully saturated rings. The minimum absolute atomic E-state index is 0.371. The van der Waals surface area contributed by atoms with Crippen molar-refractivity contribution in [1.29, 1.82) is 0 Å². The summed E-state index contributed by atoms with van der Waals surface area (Å²) in [7, 11) is 0. The summed E-state index contributed by atoms with van der Waals surface area (Å²) in [5.74, 6) is 1.63. The molecule has 5 heteroatoms. The highest BCUT2D eigenvalue weighted by molar-refractivity contribution is 5.46. The van der Waals surface area contributed by atoms with Crippen LogP contribution in [0.4, 0.5) is 0 Å². The van der Waals surface area contributed by atoms with Crippen LogP contribution >= 0.6 is 0 Å². The Hall–Kier alpha value is -1.88. The Morgan fingerprint density at radius 2 is 1.85 bits per heavy atom. The van der Waals surface area contributed by atoms with Crippen LogP contribution in [0.5, 0.6) is 0 Å². The van der Waals surface area contributed by atoms with Gasteiger partial charge in [-0.1, -0.05) is 13.8 Å². The third kappa shape index (κ3) is 2.41. The van der Waals surface area contributed by atoms with Crippen LogP contribution in [0.25, 0.3) is 11.6 Å². The topological polar surface area (TPSA) is 63.6 Å². The van der Waals surface area contributed by atoms with Gasteiger partial charge in [-0.15, -0.1) is 0 Å². The van der Waals surface area contributed by atoms with Crippen molar-refractivity contribution in [1.82, 2.24) is 25.3 Å². The number of nitrogens with one attached hydrogen (secondary N) is 1. The van der Waals surface area contributed by atoms with Crippen molar-refractivity contribution in [3.05, 3.63) is 34.9 Å². The number of hydrogen-bond acceptors (Lipinski definition) is 5. The average molecular weight is 269 g/mol. The molecule has 0 unspecified atom stereocenters. The summed E-state index contributed by atoms with van der Waals surface area (Å²) >= 11 is 0. The van der Waals surface area contributed by atoms with E-state index in [1.54, 1.807) is 0 Å². The summed E-state index contributed by atoms with van der Waals surface area (Å²) in [5.41, 5.74) is 4.55. The Kier molecular flexibility index (Phi) is 3.44. The molecule has 0 saturated heterocycles. The average Bonchev–Trinajstić information content (AvgIpc) is 2.46. The number of aryl methyl sites for hydroxylation is 1. The fourth-order valence-electron chi connectivity index (χ4n) is 2.45. The number of fused-ring (bicyclic) bond motifs is 1. The van der Waals surface area contributed by atoms with Crippen LogP contribution in [0, 0.1) is 6.92 Å². The van der Waals surface area contributed by atoms with E-state index in [1.165, 1.54) is 5.56 Å². The second-order valence-electron chi connectivity index (χ2n) is 5.52. The predicted octanol–water partition coefficient (Wildman–Crippen LogP) is 2.01. The van der Waals surface area contributed by atoms with Crippen molar-refractivity contribution in [3.63, 3.8) is 0 Å². The fourth-order valence-corrected chi connectivity index (χ4v) is 2.45. The smallest absolute Gasteiger partial charge is 0.198 e. The van der Waals surface area contributed by atoms with Crippen LogP contribution < -0.4 is 5.32 Å². The first-order valence-corrected chi connectivity index (χ1v) is 7.04. The zero-order chi connectivity index (χ0) is 14.1. The summed E-state index contributed by atoms with van der Waals surface area (Å²) in [6.07, 6.45) is 4.56. The molecule has 0 amide bonds. The van der Waals surface area contributed by atoms with E-state index in [0.29, 0.717) is 17.6 Å². The van der Waals surface area contributed by atoms with Gasteiger partial charge in [-0.2, -0.15) is 0 Å². The first-order valence-electron chi connectivity index (χ1n) is 7.04. The SMILES string of the molecule is Cc1cnc(-c2nc3c(c(C(C)C)n2)CNCC3)nc1. The Bertz CT molecular complexity index is 619. The van der Waals surface area contributed by atoms with E-state index in [0.717, 1.165) is 36.5 Å². The number of nitrogens with zero attached hydrogens (tertiary/aromatic N) is 4. The zero-order valence-electron chi connectivity index (χ0n) is 12.1. The standard InChI is InChI=1S/C15H19N5/c1-9(2)13-11-8-16-5-4-12(11)19-15(20-13)14-17-6-10(3)7-18-14/h6-7,9,16H,4-5,8H2,1-3H3. The minimum Gasteiger partial charge on any atom is -0.312 e. The van der Waals surface area contributed by atoms with E-state index in [1.807, 2.05) is 19.3 Å². The highest BCUT2D eigenvalue weighted by Gasteiger charge is 2.20. The lowest BCUT2D eigenvalue weighted by molar-refractivity contribution is 0.609. The summed E-state index contributed by atoms with van der Waals surface area (Å²) in [5, 5.41) is 3.39. The third-order valence-electron chi connectivity index (χ3n) is 3.49. The van der Waals surface area contributed by atoms with E-state index in [4.69, 9.17) is 4.98 Å². The van der Waals surface area contributed by atoms with Gasteiger partial charge >= 0.3 is 0 Å². The molecule has 2 aromatic heterocycles. The number of rotatable bonds is 2. The van der Waals surface area contributed by atoms with E-state index in [2.05, 4.69) is 34.1 Å². The molecule has 0 spiro atoms. The van der Waals surface area contributed by atoms with Crippen molar-refractivity contribution in [3.8, 4) is 11.6 Å².